The smallest absolute Gasteiger partial charge is 0.241 e. The van der Waals surface area contributed by atoms with Gasteiger partial charge in [0.05, 0.1) is 29.7 Å². The molecule has 3 aromatic rings. The highest BCUT2D eigenvalue weighted by atomic mass is 16.3. The Hall–Kier alpha value is -2.64. The van der Waals surface area contributed by atoms with Gasteiger partial charge in [0.2, 0.25) is 5.91 Å². The number of benzene rings is 1. The Morgan fingerprint density at radius 3 is 2.82 bits per heavy atom. The van der Waals surface area contributed by atoms with Crippen LogP contribution >= 0.6 is 0 Å². The number of amides is 1. The summed E-state index contributed by atoms with van der Waals surface area (Å²) in [5.74, 6) is 1.63. The van der Waals surface area contributed by atoms with E-state index in [2.05, 4.69) is 32.5 Å². The molecule has 2 aliphatic heterocycles. The summed E-state index contributed by atoms with van der Waals surface area (Å²) < 4.78 is 7.69. The normalized spacial score (nSPS) is 23.5. The van der Waals surface area contributed by atoms with E-state index in [1.54, 1.807) is 6.26 Å². The van der Waals surface area contributed by atoms with Gasteiger partial charge in [-0.25, -0.2) is 15.8 Å². The van der Waals surface area contributed by atoms with Crippen LogP contribution in [-0.2, 0) is 11.3 Å². The Bertz CT molecular complexity index is 943. The molecule has 0 radical (unpaired) electrons. The van der Waals surface area contributed by atoms with Gasteiger partial charge in [0.25, 0.3) is 0 Å². The third-order valence-electron chi connectivity index (χ3n) is 6.00. The van der Waals surface area contributed by atoms with Gasteiger partial charge in [-0.3, -0.25) is 4.79 Å². The van der Waals surface area contributed by atoms with E-state index in [1.807, 2.05) is 35.5 Å². The number of hydrogen-bond acceptors (Lipinski definition) is 5. The molecule has 4 heterocycles. The predicted molar refractivity (Wildman–Crippen MR) is 105 cm³/mol. The topological polar surface area (TPSA) is 75.3 Å². The van der Waals surface area contributed by atoms with Crippen LogP contribution in [-0.4, -0.2) is 39.5 Å². The molecule has 2 N–H and O–H groups in total. The molecule has 7 nitrogen and oxygen atoms in total. The van der Waals surface area contributed by atoms with E-state index in [1.165, 1.54) is 5.52 Å². The summed E-state index contributed by atoms with van der Waals surface area (Å²) in [5, 5.41) is 0. The molecule has 2 aliphatic rings. The zero-order chi connectivity index (χ0) is 18.9. The number of hydrazine groups is 1. The highest BCUT2D eigenvalue weighted by Gasteiger charge is 2.35. The third kappa shape index (κ3) is 3.31. The number of piperidine rings is 1. The Labute approximate surface area is 163 Å². The van der Waals surface area contributed by atoms with Crippen LogP contribution in [0, 0.1) is 5.92 Å². The van der Waals surface area contributed by atoms with Crippen LogP contribution in [0.15, 0.2) is 53.4 Å². The molecule has 146 valence electrons. The Balaban J connectivity index is 1.15. The van der Waals surface area contributed by atoms with E-state index in [9.17, 15) is 4.79 Å². The lowest BCUT2D eigenvalue weighted by molar-refractivity contribution is -0.134. The second-order valence-corrected chi connectivity index (χ2v) is 7.80. The monoisotopic (exact) mass is 379 g/mol. The highest BCUT2D eigenvalue weighted by molar-refractivity contribution is 5.82. The number of nitrogens with one attached hydrogen (secondary N) is 2. The van der Waals surface area contributed by atoms with Gasteiger partial charge in [-0.15, -0.1) is 0 Å². The number of para-hydroxylation sites is 2. The molecule has 7 heteroatoms. The molecule has 2 unspecified atom stereocenters. The molecule has 0 spiro atoms. The lowest BCUT2D eigenvalue weighted by Crippen LogP contribution is -2.48. The number of rotatable bonds is 4. The summed E-state index contributed by atoms with van der Waals surface area (Å²) in [6.07, 6.45) is 6.37. The first kappa shape index (κ1) is 17.5. The first-order valence-corrected chi connectivity index (χ1v) is 10.0. The summed E-state index contributed by atoms with van der Waals surface area (Å²) in [6.45, 7) is 2.60. The zero-order valence-electron chi connectivity index (χ0n) is 15.8. The van der Waals surface area contributed by atoms with Crippen molar-refractivity contribution in [1.29, 1.82) is 0 Å². The molecular weight excluding hydrogens is 354 g/mol. The maximum Gasteiger partial charge on any atom is 0.241 e. The van der Waals surface area contributed by atoms with Gasteiger partial charge in [-0.2, -0.15) is 0 Å². The van der Waals surface area contributed by atoms with Crippen molar-refractivity contribution in [3.63, 3.8) is 0 Å². The molecule has 0 bridgehead atoms. The highest BCUT2D eigenvalue weighted by Crippen LogP contribution is 2.26. The largest absolute Gasteiger partial charge is 0.468 e. The van der Waals surface area contributed by atoms with Gasteiger partial charge < -0.3 is 13.9 Å². The second-order valence-electron chi connectivity index (χ2n) is 7.80. The van der Waals surface area contributed by atoms with E-state index in [4.69, 9.17) is 4.42 Å². The summed E-state index contributed by atoms with van der Waals surface area (Å²) in [7, 11) is 0. The molecule has 1 amide bonds. The van der Waals surface area contributed by atoms with Gasteiger partial charge in [0, 0.05) is 19.6 Å². The van der Waals surface area contributed by atoms with Crippen molar-refractivity contribution in [3.05, 3.63) is 54.7 Å². The summed E-state index contributed by atoms with van der Waals surface area (Å²) in [6, 6.07) is 11.9. The van der Waals surface area contributed by atoms with Gasteiger partial charge >= 0.3 is 0 Å². The van der Waals surface area contributed by atoms with Crippen LogP contribution in [0.25, 0.3) is 11.0 Å². The molecular formula is C21H25N5O2. The van der Waals surface area contributed by atoms with Gasteiger partial charge in [-0.05, 0) is 49.4 Å². The van der Waals surface area contributed by atoms with E-state index >= 15 is 0 Å². The van der Waals surface area contributed by atoms with Crippen molar-refractivity contribution in [2.24, 2.45) is 5.92 Å². The van der Waals surface area contributed by atoms with Crippen LogP contribution in [0.4, 0.5) is 0 Å². The third-order valence-corrected chi connectivity index (χ3v) is 6.00. The maximum atomic E-state index is 12.9. The fourth-order valence-electron chi connectivity index (χ4n) is 4.38. The van der Waals surface area contributed by atoms with Crippen LogP contribution in [0.3, 0.4) is 0 Å². The quantitative estimate of drug-likeness (QED) is 0.728. The number of carbonyl (C=O) groups excluding carboxylic acids is 1. The number of fused-ring (bicyclic) bond motifs is 1. The van der Waals surface area contributed by atoms with Crippen LogP contribution in [0.1, 0.15) is 31.1 Å². The number of carbonyl (C=O) groups is 1. The number of aromatic nitrogens is 2. The molecule has 2 atom stereocenters. The lowest BCUT2D eigenvalue weighted by Gasteiger charge is -2.33. The molecule has 28 heavy (non-hydrogen) atoms. The molecule has 5 rings (SSSR count). The lowest BCUT2D eigenvalue weighted by atomic mass is 9.95. The van der Waals surface area contributed by atoms with Crippen molar-refractivity contribution >= 4 is 16.9 Å². The molecule has 2 aromatic heterocycles. The first-order valence-electron chi connectivity index (χ1n) is 10.0. The minimum absolute atomic E-state index is 0.0519. The number of hydrogen-bond donors (Lipinski definition) is 2. The summed E-state index contributed by atoms with van der Waals surface area (Å²) in [4.78, 5) is 19.4. The van der Waals surface area contributed by atoms with Gasteiger partial charge in [0.15, 0.2) is 0 Å². The van der Waals surface area contributed by atoms with Crippen molar-refractivity contribution in [1.82, 2.24) is 25.3 Å². The van der Waals surface area contributed by atoms with Crippen LogP contribution in [0.5, 0.6) is 0 Å². The Kier molecular flexibility index (Phi) is 4.62. The molecule has 2 fully saturated rings. The summed E-state index contributed by atoms with van der Waals surface area (Å²) in [5.41, 5.74) is 8.56. The van der Waals surface area contributed by atoms with E-state index in [0.29, 0.717) is 12.3 Å². The predicted octanol–water partition coefficient (Wildman–Crippen LogP) is 2.48. The number of likely N-dealkylation sites (tertiary alicyclic amines) is 1. The van der Waals surface area contributed by atoms with E-state index < -0.39 is 0 Å². The standard InChI is InChI=1S/C21H25N5O2/c27-21(18-12-17(23-24-18)20-6-3-11-28-20)25-9-7-15(8-10-25)13-26-14-22-16-4-1-2-5-19(16)26/h1-6,11,14-15,17-18,23-24H,7-10,12-13H2. The number of furan rings is 1. The van der Waals surface area contributed by atoms with Crippen molar-refractivity contribution in [2.45, 2.75) is 37.9 Å². The SMILES string of the molecule is O=C(C1CC(c2ccco2)NN1)N1CCC(Cn2cnc3ccccc32)CC1. The maximum absolute atomic E-state index is 12.9. The zero-order valence-corrected chi connectivity index (χ0v) is 15.8. The summed E-state index contributed by atoms with van der Waals surface area (Å²) >= 11 is 0. The van der Waals surface area contributed by atoms with E-state index in [0.717, 1.165) is 43.8 Å². The molecule has 1 aromatic carbocycles. The van der Waals surface area contributed by atoms with Crippen molar-refractivity contribution in [2.75, 3.05) is 13.1 Å². The van der Waals surface area contributed by atoms with Crippen molar-refractivity contribution < 1.29 is 9.21 Å². The molecule has 2 saturated heterocycles. The molecule has 0 saturated carbocycles. The van der Waals surface area contributed by atoms with Gasteiger partial charge in [0.1, 0.15) is 11.8 Å². The molecule has 0 aliphatic carbocycles. The average Bonchev–Trinajstić information content (AvgIpc) is 3.49. The van der Waals surface area contributed by atoms with E-state index in [-0.39, 0.29) is 18.0 Å². The van der Waals surface area contributed by atoms with Crippen LogP contribution < -0.4 is 10.9 Å². The number of imidazole rings is 1. The number of nitrogens with zero attached hydrogens (tertiary/aromatic N) is 3. The minimum Gasteiger partial charge on any atom is -0.468 e. The fraction of sp³-hybridized carbons (Fsp3) is 0.429. The average molecular weight is 379 g/mol. The minimum atomic E-state index is -0.191. The fourth-order valence-corrected chi connectivity index (χ4v) is 4.38. The second kappa shape index (κ2) is 7.41. The van der Waals surface area contributed by atoms with Crippen LogP contribution in [0.2, 0.25) is 0 Å². The van der Waals surface area contributed by atoms with Gasteiger partial charge in [-0.1, -0.05) is 12.1 Å². The van der Waals surface area contributed by atoms with Crippen molar-refractivity contribution in [3.8, 4) is 0 Å². The Morgan fingerprint density at radius 1 is 1.14 bits per heavy atom. The Morgan fingerprint density at radius 2 is 2.00 bits per heavy atom. The first-order chi connectivity index (χ1) is 13.8.